The highest BCUT2D eigenvalue weighted by Crippen LogP contribution is 2.34. The van der Waals surface area contributed by atoms with Gasteiger partial charge in [0.2, 0.25) is 0 Å². The Morgan fingerprint density at radius 3 is 2.67 bits per heavy atom. The molecule has 0 atom stereocenters. The van der Waals surface area contributed by atoms with Gasteiger partial charge in [-0.1, -0.05) is 0 Å². The quantitative estimate of drug-likeness (QED) is 0.539. The number of benzene rings is 1. The molecule has 0 saturated carbocycles. The first-order chi connectivity index (χ1) is 10.5. The molecule has 1 aromatic carbocycles. The van der Waals surface area contributed by atoms with Gasteiger partial charge in [0.15, 0.2) is 0 Å². The maximum Gasteiger partial charge on any atom is 0.336 e. The van der Waals surface area contributed by atoms with Crippen LogP contribution in [0.25, 0.3) is 21.9 Å². The van der Waals surface area contributed by atoms with Gasteiger partial charge in [-0.2, -0.15) is 0 Å². The minimum Gasteiger partial charge on any atom is -0.461 e. The van der Waals surface area contributed by atoms with E-state index in [0.717, 1.165) is 38.8 Å². The highest BCUT2D eigenvalue weighted by Gasteiger charge is 2.17. The summed E-state index contributed by atoms with van der Waals surface area (Å²) in [4.78, 5) is 11.6. The van der Waals surface area contributed by atoms with Gasteiger partial charge in [-0.05, 0) is 39.3 Å². The molecule has 4 nitrogen and oxygen atoms in total. The van der Waals surface area contributed by atoms with Crippen LogP contribution in [0.1, 0.15) is 30.7 Å². The molecule has 0 bridgehead atoms. The molecule has 21 heavy (non-hydrogen) atoms. The lowest BCUT2D eigenvalue weighted by molar-refractivity contribution is 0.134. The molecule has 3 aromatic rings. The van der Waals surface area contributed by atoms with Gasteiger partial charge in [-0.25, -0.2) is 4.79 Å². The normalized spacial score (nSPS) is 12.2. The van der Waals surface area contributed by atoms with E-state index in [0.29, 0.717) is 18.8 Å². The standard InChI is InChI=1S/C17H18O4/c1-5-19-8-14-11(4)20-17-10(3)16-12(7-13(14)17)9(2)6-15(18)21-16/h6-7H,5,8H2,1-4H3/i1D. The zero-order valence-corrected chi connectivity index (χ0v) is 12.4. The van der Waals surface area contributed by atoms with Gasteiger partial charge >= 0.3 is 5.63 Å². The predicted molar refractivity (Wildman–Crippen MR) is 81.8 cm³/mol. The highest BCUT2D eigenvalue weighted by atomic mass is 16.5. The molecule has 0 radical (unpaired) electrons. The minimum atomic E-state index is -0.352. The Morgan fingerprint density at radius 1 is 1.14 bits per heavy atom. The topological polar surface area (TPSA) is 52.6 Å². The van der Waals surface area contributed by atoms with Crippen molar-refractivity contribution in [2.45, 2.75) is 34.3 Å². The zero-order valence-electron chi connectivity index (χ0n) is 13.4. The largest absolute Gasteiger partial charge is 0.461 e. The minimum absolute atomic E-state index is 0.237. The molecule has 110 valence electrons. The molecule has 0 fully saturated rings. The molecule has 0 aliphatic rings. The maximum atomic E-state index is 11.6. The Kier molecular flexibility index (Phi) is 3.04. The summed E-state index contributed by atoms with van der Waals surface area (Å²) in [6.07, 6.45) is 0. The number of hydrogen-bond acceptors (Lipinski definition) is 4. The predicted octanol–water partition coefficient (Wildman–Crippen LogP) is 4.00. The van der Waals surface area contributed by atoms with Crippen LogP contribution in [-0.4, -0.2) is 6.61 Å². The Balaban J connectivity index is 2.28. The van der Waals surface area contributed by atoms with E-state index in [-0.39, 0.29) is 12.5 Å². The summed E-state index contributed by atoms with van der Waals surface area (Å²) in [5.41, 5.74) is 3.64. The molecular formula is C17H18O4. The van der Waals surface area contributed by atoms with Crippen molar-refractivity contribution >= 4 is 21.9 Å². The van der Waals surface area contributed by atoms with Crippen LogP contribution in [0.2, 0.25) is 0 Å². The first-order valence-electron chi connectivity index (χ1n) is 7.56. The third-order valence-electron chi connectivity index (χ3n) is 3.82. The third-order valence-corrected chi connectivity index (χ3v) is 3.82. The molecule has 0 spiro atoms. The molecule has 2 heterocycles. The summed E-state index contributed by atoms with van der Waals surface area (Å²) < 4.78 is 23.9. The number of fused-ring (bicyclic) bond motifs is 2. The zero-order chi connectivity index (χ0) is 15.9. The van der Waals surface area contributed by atoms with Gasteiger partial charge in [0, 0.05) is 35.9 Å². The SMILES string of the molecule is [2H]CCOCc1c(C)oc2c(C)c3oc(=O)cc(C)c3cc12. The molecule has 0 aliphatic heterocycles. The van der Waals surface area contributed by atoms with Crippen molar-refractivity contribution in [3.05, 3.63) is 45.0 Å². The fourth-order valence-corrected chi connectivity index (χ4v) is 2.71. The van der Waals surface area contributed by atoms with Gasteiger partial charge in [0.05, 0.1) is 6.61 Å². The molecule has 0 saturated heterocycles. The Labute approximate surface area is 123 Å². The monoisotopic (exact) mass is 287 g/mol. The lowest BCUT2D eigenvalue weighted by Crippen LogP contribution is -1.99. The smallest absolute Gasteiger partial charge is 0.336 e. The fraction of sp³-hybridized carbons (Fsp3) is 0.353. The molecule has 0 amide bonds. The lowest BCUT2D eigenvalue weighted by atomic mass is 10.0. The Hall–Kier alpha value is -2.07. The van der Waals surface area contributed by atoms with Crippen molar-refractivity contribution in [2.75, 3.05) is 6.61 Å². The molecule has 3 rings (SSSR count). The summed E-state index contributed by atoms with van der Waals surface area (Å²) in [6, 6.07) is 3.49. The van der Waals surface area contributed by atoms with Crippen LogP contribution in [0.15, 0.2) is 25.8 Å². The summed E-state index contributed by atoms with van der Waals surface area (Å²) in [7, 11) is 0. The van der Waals surface area contributed by atoms with E-state index in [9.17, 15) is 4.79 Å². The second kappa shape index (κ2) is 5.04. The molecule has 4 heteroatoms. The summed E-state index contributed by atoms with van der Waals surface area (Å²) in [6.45, 7) is 6.73. The van der Waals surface area contributed by atoms with Crippen molar-refractivity contribution in [2.24, 2.45) is 0 Å². The molecule has 0 aliphatic carbocycles. The van der Waals surface area contributed by atoms with Crippen molar-refractivity contribution < 1.29 is 14.9 Å². The number of ether oxygens (including phenoxy) is 1. The fourth-order valence-electron chi connectivity index (χ4n) is 2.71. The van der Waals surface area contributed by atoms with Crippen LogP contribution in [0.4, 0.5) is 0 Å². The van der Waals surface area contributed by atoms with Crippen LogP contribution in [0, 0.1) is 20.8 Å². The van der Waals surface area contributed by atoms with E-state index in [4.69, 9.17) is 14.9 Å². The lowest BCUT2D eigenvalue weighted by Gasteiger charge is -2.05. The Morgan fingerprint density at radius 2 is 1.90 bits per heavy atom. The van der Waals surface area contributed by atoms with Gasteiger partial charge in [0.1, 0.15) is 16.9 Å². The summed E-state index contributed by atoms with van der Waals surface area (Å²) >= 11 is 0. The molecule has 0 N–H and O–H groups in total. The van der Waals surface area contributed by atoms with E-state index < -0.39 is 0 Å². The van der Waals surface area contributed by atoms with E-state index in [1.165, 1.54) is 6.07 Å². The first kappa shape index (κ1) is 12.7. The van der Waals surface area contributed by atoms with E-state index in [1.54, 1.807) is 0 Å². The number of furan rings is 1. The second-order valence-electron chi connectivity index (χ2n) is 5.19. The second-order valence-corrected chi connectivity index (χ2v) is 5.19. The third kappa shape index (κ3) is 2.16. The van der Waals surface area contributed by atoms with Crippen molar-refractivity contribution in [1.29, 1.82) is 0 Å². The number of aryl methyl sites for hydroxylation is 3. The van der Waals surface area contributed by atoms with Gasteiger partial charge < -0.3 is 13.6 Å². The van der Waals surface area contributed by atoms with Gasteiger partial charge in [-0.3, -0.25) is 0 Å². The van der Waals surface area contributed by atoms with Gasteiger partial charge in [0.25, 0.3) is 0 Å². The van der Waals surface area contributed by atoms with Crippen molar-refractivity contribution in [1.82, 2.24) is 0 Å². The number of rotatable bonds is 3. The van der Waals surface area contributed by atoms with Crippen LogP contribution < -0.4 is 5.63 Å². The molecule has 0 unspecified atom stereocenters. The van der Waals surface area contributed by atoms with Gasteiger partial charge in [-0.15, -0.1) is 0 Å². The first-order valence-corrected chi connectivity index (χ1v) is 6.86. The average Bonchev–Trinajstić information content (AvgIpc) is 2.78. The highest BCUT2D eigenvalue weighted by molar-refractivity contribution is 5.99. The van der Waals surface area contributed by atoms with E-state index in [1.807, 2.05) is 26.8 Å². The summed E-state index contributed by atoms with van der Waals surface area (Å²) in [5, 5.41) is 1.89. The van der Waals surface area contributed by atoms with Crippen LogP contribution in [0.5, 0.6) is 0 Å². The van der Waals surface area contributed by atoms with Crippen LogP contribution in [-0.2, 0) is 11.3 Å². The molecular weight excluding hydrogens is 268 g/mol. The van der Waals surface area contributed by atoms with Crippen LogP contribution in [0.3, 0.4) is 0 Å². The molecule has 2 aromatic heterocycles. The van der Waals surface area contributed by atoms with E-state index >= 15 is 0 Å². The van der Waals surface area contributed by atoms with Crippen molar-refractivity contribution in [3.8, 4) is 0 Å². The number of hydrogen-bond donors (Lipinski definition) is 0. The maximum absolute atomic E-state index is 11.6. The average molecular weight is 287 g/mol. The Bertz CT molecular complexity index is 905. The van der Waals surface area contributed by atoms with E-state index in [2.05, 4.69) is 0 Å². The van der Waals surface area contributed by atoms with Crippen molar-refractivity contribution in [3.63, 3.8) is 0 Å². The van der Waals surface area contributed by atoms with Crippen LogP contribution >= 0.6 is 0 Å². The summed E-state index contributed by atoms with van der Waals surface area (Å²) in [5.74, 6) is 0.790.